The highest BCUT2D eigenvalue weighted by Crippen LogP contribution is 2.27. The van der Waals surface area contributed by atoms with Crippen LogP contribution in [0.15, 0.2) is 6.07 Å². The molecule has 1 aromatic carbocycles. The van der Waals surface area contributed by atoms with E-state index >= 15 is 0 Å². The van der Waals surface area contributed by atoms with E-state index in [0.29, 0.717) is 16.8 Å². The van der Waals surface area contributed by atoms with Crippen LogP contribution < -0.4 is 11.5 Å². The van der Waals surface area contributed by atoms with Crippen LogP contribution in [-0.2, 0) is 12.9 Å². The first-order valence-corrected chi connectivity index (χ1v) is 5.04. The van der Waals surface area contributed by atoms with Gasteiger partial charge in [-0.2, -0.15) is 0 Å². The number of anilines is 1. The SMILES string of the molecule is Cc1c(CN)cc(C[B-](F)(F)F)c(C)c1N. The fourth-order valence-corrected chi connectivity index (χ4v) is 1.73. The summed E-state index contributed by atoms with van der Waals surface area (Å²) in [4.78, 5) is 0. The van der Waals surface area contributed by atoms with Gasteiger partial charge in [0.15, 0.2) is 0 Å². The highest BCUT2D eigenvalue weighted by molar-refractivity contribution is 6.57. The van der Waals surface area contributed by atoms with Crippen LogP contribution in [0, 0.1) is 13.8 Å². The van der Waals surface area contributed by atoms with Crippen LogP contribution in [0.25, 0.3) is 0 Å². The number of hydrogen-bond acceptors (Lipinski definition) is 2. The van der Waals surface area contributed by atoms with Crippen molar-refractivity contribution >= 4 is 12.7 Å². The molecule has 2 nitrogen and oxygen atoms in total. The van der Waals surface area contributed by atoms with Gasteiger partial charge in [0.25, 0.3) is 0 Å². The standard InChI is InChI=1S/C10H15BF3N2/c1-6-8(4-11(12,13)14)3-9(5-15)7(2)10(6)16/h3H,4-5,15-16H2,1-2H3/q-1. The molecule has 0 unspecified atom stereocenters. The number of rotatable bonds is 3. The van der Waals surface area contributed by atoms with E-state index in [1.165, 1.54) is 6.07 Å². The number of halogens is 3. The maximum Gasteiger partial charge on any atom is 0.482 e. The van der Waals surface area contributed by atoms with Crippen molar-refractivity contribution < 1.29 is 12.9 Å². The summed E-state index contributed by atoms with van der Waals surface area (Å²) >= 11 is 0. The molecule has 0 spiro atoms. The topological polar surface area (TPSA) is 52.0 Å². The average molecular weight is 231 g/mol. The number of benzene rings is 1. The van der Waals surface area contributed by atoms with Crippen molar-refractivity contribution in [3.05, 3.63) is 28.3 Å². The third-order valence-corrected chi connectivity index (χ3v) is 2.79. The van der Waals surface area contributed by atoms with Gasteiger partial charge in [-0.15, -0.1) is 0 Å². The van der Waals surface area contributed by atoms with Crippen molar-refractivity contribution in [1.29, 1.82) is 0 Å². The molecule has 0 aromatic heterocycles. The first-order chi connectivity index (χ1) is 7.26. The van der Waals surface area contributed by atoms with Crippen LogP contribution in [0.3, 0.4) is 0 Å². The Kier molecular flexibility index (Phi) is 3.52. The van der Waals surface area contributed by atoms with Gasteiger partial charge in [-0.25, -0.2) is 0 Å². The van der Waals surface area contributed by atoms with Crippen molar-refractivity contribution in [2.45, 2.75) is 26.7 Å². The molecule has 0 saturated heterocycles. The zero-order valence-corrected chi connectivity index (χ0v) is 9.36. The summed E-state index contributed by atoms with van der Waals surface area (Å²) in [6, 6.07) is 1.51. The second-order valence-electron chi connectivity index (χ2n) is 3.98. The predicted molar refractivity (Wildman–Crippen MR) is 61.0 cm³/mol. The lowest BCUT2D eigenvalue weighted by atomic mass is 9.79. The van der Waals surface area contributed by atoms with Gasteiger partial charge in [-0.3, -0.25) is 0 Å². The molecule has 0 aliphatic rings. The van der Waals surface area contributed by atoms with Crippen molar-refractivity contribution in [3.63, 3.8) is 0 Å². The molecule has 0 aliphatic heterocycles. The molecule has 0 amide bonds. The van der Waals surface area contributed by atoms with E-state index < -0.39 is 13.3 Å². The van der Waals surface area contributed by atoms with E-state index in [0.717, 1.165) is 5.56 Å². The van der Waals surface area contributed by atoms with E-state index in [1.54, 1.807) is 13.8 Å². The van der Waals surface area contributed by atoms with Crippen LogP contribution in [0.4, 0.5) is 18.6 Å². The zero-order chi connectivity index (χ0) is 12.5. The monoisotopic (exact) mass is 231 g/mol. The molecule has 90 valence electrons. The van der Waals surface area contributed by atoms with E-state index in [9.17, 15) is 12.9 Å². The number of hydrogen-bond donors (Lipinski definition) is 2. The van der Waals surface area contributed by atoms with Crippen molar-refractivity contribution in [2.24, 2.45) is 5.73 Å². The van der Waals surface area contributed by atoms with Crippen molar-refractivity contribution in [1.82, 2.24) is 0 Å². The van der Waals surface area contributed by atoms with Crippen LogP contribution in [-0.4, -0.2) is 6.98 Å². The van der Waals surface area contributed by atoms with Gasteiger partial charge in [-0.1, -0.05) is 17.9 Å². The van der Waals surface area contributed by atoms with Gasteiger partial charge in [0, 0.05) is 12.2 Å². The maximum atomic E-state index is 12.4. The summed E-state index contributed by atoms with van der Waals surface area (Å²) < 4.78 is 37.1. The quantitative estimate of drug-likeness (QED) is 0.619. The van der Waals surface area contributed by atoms with Crippen LogP contribution in [0.1, 0.15) is 22.3 Å². The Morgan fingerprint density at radius 3 is 2.06 bits per heavy atom. The molecule has 0 radical (unpaired) electrons. The molecule has 0 atom stereocenters. The molecular formula is C10H15BF3N2-. The minimum atomic E-state index is -4.84. The Balaban J connectivity index is 3.25. The lowest BCUT2D eigenvalue weighted by molar-refractivity contribution is 0.468. The summed E-state index contributed by atoms with van der Waals surface area (Å²) in [5, 5.41) is 0. The van der Waals surface area contributed by atoms with Crippen LogP contribution in [0.2, 0.25) is 0 Å². The highest BCUT2D eigenvalue weighted by atomic mass is 19.4. The van der Waals surface area contributed by atoms with Gasteiger partial charge in [0.1, 0.15) is 0 Å². The third-order valence-electron chi connectivity index (χ3n) is 2.79. The molecule has 0 saturated carbocycles. The van der Waals surface area contributed by atoms with Crippen molar-refractivity contribution in [3.8, 4) is 0 Å². The summed E-state index contributed by atoms with van der Waals surface area (Å²) in [5.74, 6) is 0. The third kappa shape index (κ3) is 2.69. The zero-order valence-electron chi connectivity index (χ0n) is 9.36. The highest BCUT2D eigenvalue weighted by Gasteiger charge is 2.25. The lowest BCUT2D eigenvalue weighted by Gasteiger charge is -2.19. The molecule has 0 aliphatic carbocycles. The maximum absolute atomic E-state index is 12.4. The predicted octanol–water partition coefficient (Wildman–Crippen LogP) is 2.27. The Morgan fingerprint density at radius 2 is 1.62 bits per heavy atom. The van der Waals surface area contributed by atoms with E-state index in [1.807, 2.05) is 0 Å². The van der Waals surface area contributed by atoms with Crippen molar-refractivity contribution in [2.75, 3.05) is 5.73 Å². The molecular weight excluding hydrogens is 216 g/mol. The summed E-state index contributed by atoms with van der Waals surface area (Å²) in [6.07, 6.45) is -0.899. The molecule has 16 heavy (non-hydrogen) atoms. The van der Waals surface area contributed by atoms with Gasteiger partial charge in [0.2, 0.25) is 0 Å². The normalized spacial score (nSPS) is 11.9. The minimum absolute atomic E-state index is 0.203. The second-order valence-corrected chi connectivity index (χ2v) is 3.98. The largest absolute Gasteiger partial charge is 0.482 e. The Bertz CT molecular complexity index is 402. The summed E-state index contributed by atoms with van der Waals surface area (Å²) in [6.45, 7) is -1.26. The summed E-state index contributed by atoms with van der Waals surface area (Å²) in [7, 11) is 0. The van der Waals surface area contributed by atoms with Gasteiger partial charge >= 0.3 is 6.98 Å². The minimum Gasteiger partial charge on any atom is -0.449 e. The van der Waals surface area contributed by atoms with E-state index in [4.69, 9.17) is 11.5 Å². The molecule has 1 rings (SSSR count). The molecule has 0 heterocycles. The van der Waals surface area contributed by atoms with E-state index in [2.05, 4.69) is 0 Å². The Morgan fingerprint density at radius 1 is 1.12 bits per heavy atom. The Hall–Kier alpha value is -1.17. The smallest absolute Gasteiger partial charge is 0.449 e. The van der Waals surface area contributed by atoms with E-state index in [-0.39, 0.29) is 12.1 Å². The average Bonchev–Trinajstić information content (AvgIpc) is 2.17. The van der Waals surface area contributed by atoms with Gasteiger partial charge < -0.3 is 24.4 Å². The van der Waals surface area contributed by atoms with Crippen LogP contribution in [0.5, 0.6) is 0 Å². The summed E-state index contributed by atoms with van der Waals surface area (Å²) in [5.41, 5.74) is 13.8. The first-order valence-electron chi connectivity index (χ1n) is 5.04. The Labute approximate surface area is 92.9 Å². The number of nitrogen functional groups attached to an aromatic ring is 1. The van der Waals surface area contributed by atoms with Crippen LogP contribution >= 0.6 is 0 Å². The molecule has 1 aromatic rings. The first kappa shape index (κ1) is 12.9. The lowest BCUT2D eigenvalue weighted by Crippen LogP contribution is -2.21. The van der Waals surface area contributed by atoms with Gasteiger partial charge in [-0.05, 0) is 30.5 Å². The molecule has 0 fully saturated rings. The van der Waals surface area contributed by atoms with Gasteiger partial charge in [0.05, 0.1) is 0 Å². The fourth-order valence-electron chi connectivity index (χ4n) is 1.73. The molecule has 0 bridgehead atoms. The number of nitrogens with two attached hydrogens (primary N) is 2. The fraction of sp³-hybridized carbons (Fsp3) is 0.400. The second kappa shape index (κ2) is 4.37. The molecule has 4 N–H and O–H groups in total. The molecule has 6 heteroatoms.